The Labute approximate surface area is 181 Å². The molecule has 5 rings (SSSR count). The van der Waals surface area contributed by atoms with Crippen LogP contribution in [0.25, 0.3) is 30.9 Å². The molecule has 0 bridgehead atoms. The number of thiophene rings is 2. The minimum Gasteiger partial charge on any atom is -0.300 e. The first-order valence-electron chi connectivity index (χ1n) is 8.45. The van der Waals surface area contributed by atoms with Gasteiger partial charge < -0.3 is 5.32 Å². The SMILES string of the molecule is O=C(Cn1cnc2scc(-c3cccs3)c2c1=O)Nc1nc2ccc(Cl)cc2s1. The van der Waals surface area contributed by atoms with Gasteiger partial charge in [-0.3, -0.25) is 14.2 Å². The summed E-state index contributed by atoms with van der Waals surface area (Å²) < 4.78 is 2.21. The van der Waals surface area contributed by atoms with E-state index in [0.717, 1.165) is 20.7 Å². The van der Waals surface area contributed by atoms with Gasteiger partial charge in [-0.2, -0.15) is 0 Å². The van der Waals surface area contributed by atoms with Crippen molar-refractivity contribution >= 4 is 77.1 Å². The molecule has 0 aliphatic rings. The van der Waals surface area contributed by atoms with Gasteiger partial charge in [0.25, 0.3) is 5.56 Å². The number of hydrogen-bond acceptors (Lipinski definition) is 7. The monoisotopic (exact) mass is 458 g/mol. The lowest BCUT2D eigenvalue weighted by atomic mass is 10.2. The number of fused-ring (bicyclic) bond motifs is 2. The van der Waals surface area contributed by atoms with Gasteiger partial charge in [-0.05, 0) is 29.6 Å². The summed E-state index contributed by atoms with van der Waals surface area (Å²) in [6.45, 7) is -0.141. The van der Waals surface area contributed by atoms with Crippen molar-refractivity contribution in [2.75, 3.05) is 5.32 Å². The molecular formula is C19H11ClN4O2S3. The van der Waals surface area contributed by atoms with Gasteiger partial charge in [-0.25, -0.2) is 9.97 Å². The van der Waals surface area contributed by atoms with Gasteiger partial charge in [-0.15, -0.1) is 22.7 Å². The molecule has 0 saturated heterocycles. The number of hydrogen-bond donors (Lipinski definition) is 1. The van der Waals surface area contributed by atoms with Gasteiger partial charge in [0.2, 0.25) is 5.91 Å². The van der Waals surface area contributed by atoms with E-state index in [1.807, 2.05) is 22.9 Å². The van der Waals surface area contributed by atoms with E-state index in [9.17, 15) is 9.59 Å². The highest BCUT2D eigenvalue weighted by atomic mass is 35.5. The zero-order valence-electron chi connectivity index (χ0n) is 14.6. The Kier molecular flexibility index (Phi) is 4.67. The van der Waals surface area contributed by atoms with E-state index in [-0.39, 0.29) is 18.0 Å². The van der Waals surface area contributed by atoms with Crippen molar-refractivity contribution in [2.24, 2.45) is 0 Å². The van der Waals surface area contributed by atoms with Gasteiger partial charge in [-0.1, -0.05) is 29.0 Å². The number of nitrogens with one attached hydrogen (secondary N) is 1. The summed E-state index contributed by atoms with van der Waals surface area (Å²) in [5.74, 6) is -0.341. The van der Waals surface area contributed by atoms with Crippen LogP contribution in [-0.2, 0) is 11.3 Å². The molecule has 0 aliphatic carbocycles. The van der Waals surface area contributed by atoms with Crippen molar-refractivity contribution in [3.63, 3.8) is 0 Å². The summed E-state index contributed by atoms with van der Waals surface area (Å²) in [6.07, 6.45) is 1.41. The van der Waals surface area contributed by atoms with Crippen molar-refractivity contribution in [1.29, 1.82) is 0 Å². The molecular weight excluding hydrogens is 448 g/mol. The van der Waals surface area contributed by atoms with Gasteiger partial charge in [0.15, 0.2) is 5.13 Å². The molecule has 1 aromatic carbocycles. The minimum atomic E-state index is -0.341. The van der Waals surface area contributed by atoms with Crippen molar-refractivity contribution in [3.8, 4) is 10.4 Å². The van der Waals surface area contributed by atoms with Gasteiger partial charge in [0.1, 0.15) is 11.4 Å². The lowest BCUT2D eigenvalue weighted by molar-refractivity contribution is -0.116. The fourth-order valence-corrected chi connectivity index (χ4v) is 5.84. The van der Waals surface area contributed by atoms with E-state index < -0.39 is 0 Å². The van der Waals surface area contributed by atoms with Crippen LogP contribution in [-0.4, -0.2) is 20.4 Å². The van der Waals surface area contributed by atoms with Gasteiger partial charge >= 0.3 is 0 Å². The van der Waals surface area contributed by atoms with E-state index in [2.05, 4.69) is 15.3 Å². The number of rotatable bonds is 4. The second kappa shape index (κ2) is 7.34. The molecule has 5 aromatic rings. The van der Waals surface area contributed by atoms with E-state index in [1.165, 1.54) is 33.6 Å². The van der Waals surface area contributed by atoms with E-state index in [0.29, 0.717) is 20.4 Å². The predicted molar refractivity (Wildman–Crippen MR) is 120 cm³/mol. The highest BCUT2D eigenvalue weighted by Crippen LogP contribution is 2.33. The van der Waals surface area contributed by atoms with Crippen LogP contribution >= 0.6 is 45.6 Å². The zero-order chi connectivity index (χ0) is 20.0. The number of nitrogens with zero attached hydrogens (tertiary/aromatic N) is 3. The number of anilines is 1. The molecule has 10 heteroatoms. The molecule has 0 unspecified atom stereocenters. The number of benzene rings is 1. The largest absolute Gasteiger partial charge is 0.300 e. The van der Waals surface area contributed by atoms with E-state index >= 15 is 0 Å². The maximum Gasteiger partial charge on any atom is 0.263 e. The summed E-state index contributed by atoms with van der Waals surface area (Å²) in [7, 11) is 0. The van der Waals surface area contributed by atoms with Crippen molar-refractivity contribution in [1.82, 2.24) is 14.5 Å². The number of halogens is 1. The number of thiazole rings is 1. The maximum absolute atomic E-state index is 13.0. The number of carbonyl (C=O) groups excluding carboxylic acids is 1. The lowest BCUT2D eigenvalue weighted by Crippen LogP contribution is -2.27. The fourth-order valence-electron chi connectivity index (χ4n) is 2.96. The molecule has 1 amide bonds. The van der Waals surface area contributed by atoms with Gasteiger partial charge in [0.05, 0.1) is 21.9 Å². The average Bonchev–Trinajstić information content (AvgIpc) is 3.42. The van der Waals surface area contributed by atoms with Crippen LogP contribution in [0, 0.1) is 0 Å². The van der Waals surface area contributed by atoms with Gasteiger partial charge in [0, 0.05) is 20.8 Å². The Balaban J connectivity index is 1.43. The summed E-state index contributed by atoms with van der Waals surface area (Å²) in [5, 5.41) is 8.27. The number of amides is 1. The predicted octanol–water partition coefficient (Wildman–Crippen LogP) is 5.09. The minimum absolute atomic E-state index is 0.141. The first-order chi connectivity index (χ1) is 14.1. The van der Waals surface area contributed by atoms with Crippen LogP contribution in [0.15, 0.2) is 52.2 Å². The summed E-state index contributed by atoms with van der Waals surface area (Å²) >= 11 is 10.3. The normalized spacial score (nSPS) is 11.3. The lowest BCUT2D eigenvalue weighted by Gasteiger charge is -2.05. The third-order valence-corrected chi connectivity index (χ3v) is 7.22. The first kappa shape index (κ1) is 18.4. The summed E-state index contributed by atoms with van der Waals surface area (Å²) in [6, 6.07) is 9.26. The molecule has 0 saturated carbocycles. The van der Waals surface area contributed by atoms with E-state index in [1.54, 1.807) is 29.5 Å². The third-order valence-electron chi connectivity index (χ3n) is 4.26. The molecule has 1 N–H and O–H groups in total. The smallest absolute Gasteiger partial charge is 0.263 e. The van der Waals surface area contributed by atoms with Crippen LogP contribution in [0.2, 0.25) is 5.02 Å². The Morgan fingerprint density at radius 2 is 2.14 bits per heavy atom. The molecule has 6 nitrogen and oxygen atoms in total. The van der Waals surface area contributed by atoms with Crippen LogP contribution in [0.5, 0.6) is 0 Å². The van der Waals surface area contributed by atoms with E-state index in [4.69, 9.17) is 11.6 Å². The Bertz CT molecular complexity index is 1420. The maximum atomic E-state index is 13.0. The van der Waals surface area contributed by atoms with Crippen LogP contribution < -0.4 is 10.9 Å². The van der Waals surface area contributed by atoms with Crippen LogP contribution in [0.3, 0.4) is 0 Å². The number of carbonyl (C=O) groups is 1. The molecule has 0 fully saturated rings. The molecule has 4 aromatic heterocycles. The zero-order valence-corrected chi connectivity index (χ0v) is 17.8. The molecule has 0 spiro atoms. The quantitative estimate of drug-likeness (QED) is 0.407. The topological polar surface area (TPSA) is 76.9 Å². The highest BCUT2D eigenvalue weighted by molar-refractivity contribution is 7.22. The molecule has 0 radical (unpaired) electrons. The second-order valence-electron chi connectivity index (χ2n) is 6.16. The van der Waals surface area contributed by atoms with Crippen molar-refractivity contribution in [3.05, 3.63) is 62.8 Å². The summed E-state index contributed by atoms with van der Waals surface area (Å²) in [5.41, 5.74) is 1.38. The van der Waals surface area contributed by atoms with Crippen LogP contribution in [0.1, 0.15) is 0 Å². The highest BCUT2D eigenvalue weighted by Gasteiger charge is 2.16. The summed E-state index contributed by atoms with van der Waals surface area (Å²) in [4.78, 5) is 35.9. The standard InChI is InChI=1S/C19H11ClN4O2S3/c20-10-3-4-12-14(6-10)29-19(22-12)23-15(25)7-24-9-21-17-16(18(24)26)11(8-28-17)13-2-1-5-27-13/h1-6,8-9H,7H2,(H,22,23,25). The Morgan fingerprint density at radius 1 is 1.24 bits per heavy atom. The first-order valence-corrected chi connectivity index (χ1v) is 11.4. The second-order valence-corrected chi connectivity index (χ2v) is 9.44. The molecule has 0 aliphatic heterocycles. The fraction of sp³-hybridized carbons (Fsp3) is 0.0526. The molecule has 4 heterocycles. The van der Waals surface area contributed by atoms with Crippen molar-refractivity contribution < 1.29 is 4.79 Å². The number of aromatic nitrogens is 3. The third kappa shape index (κ3) is 3.46. The molecule has 0 atom stereocenters. The van der Waals surface area contributed by atoms with Crippen molar-refractivity contribution in [2.45, 2.75) is 6.54 Å². The Hall–Kier alpha value is -2.59. The van der Waals surface area contributed by atoms with Crippen LogP contribution in [0.4, 0.5) is 5.13 Å². The average molecular weight is 459 g/mol. The molecule has 144 valence electrons. The Morgan fingerprint density at radius 3 is 2.97 bits per heavy atom. The molecule has 29 heavy (non-hydrogen) atoms.